The van der Waals surface area contributed by atoms with Crippen LogP contribution in [0, 0.1) is 0 Å². The Labute approximate surface area is 223 Å². The van der Waals surface area contributed by atoms with Crippen LogP contribution >= 0.6 is 0 Å². The highest BCUT2D eigenvalue weighted by Gasteiger charge is 2.40. The molecule has 0 aliphatic rings. The Morgan fingerprint density at radius 3 is 0.838 bits per heavy atom. The topological polar surface area (TPSA) is 0 Å². The summed E-state index contributed by atoms with van der Waals surface area (Å²) in [6.07, 6.45) is -5.81. The summed E-state index contributed by atoms with van der Waals surface area (Å²) in [5.41, 5.74) is 4.54. The first-order valence-electron chi connectivity index (χ1n) is 12.4. The molecule has 0 aromatic heterocycles. The van der Waals surface area contributed by atoms with Gasteiger partial charge in [-0.15, -0.1) is 0 Å². The molecule has 0 atom stereocenters. The van der Waals surface area contributed by atoms with Crippen molar-refractivity contribution in [3.05, 3.63) is 102 Å². The zero-order valence-corrected chi connectivity index (χ0v) is 24.2. The van der Waals surface area contributed by atoms with Crippen LogP contribution in [0.2, 0.25) is 0 Å². The first-order valence-corrected chi connectivity index (χ1v) is 13.6. The minimum atomic E-state index is -2.91. The summed E-state index contributed by atoms with van der Waals surface area (Å²) < 4.78 is 41.1. The first kappa shape index (κ1) is 30.7. The van der Waals surface area contributed by atoms with Gasteiger partial charge in [-0.3, -0.25) is 0 Å². The Kier molecular flexibility index (Phi) is 9.87. The van der Waals surface area contributed by atoms with Crippen molar-refractivity contribution in [1.82, 2.24) is 0 Å². The molecule has 0 saturated carbocycles. The molecule has 0 nitrogen and oxygen atoms in total. The molecule has 0 aliphatic heterocycles. The third kappa shape index (κ3) is 7.98. The van der Waals surface area contributed by atoms with Crippen LogP contribution in [-0.2, 0) is 27.1 Å². The maximum Gasteiger partial charge on any atom is 0.334 e. The van der Waals surface area contributed by atoms with Gasteiger partial charge in [-0.05, 0) is 34.4 Å². The van der Waals surface area contributed by atoms with E-state index in [-0.39, 0.29) is 27.1 Å². The van der Waals surface area contributed by atoms with E-state index in [0.717, 1.165) is 0 Å². The van der Waals surface area contributed by atoms with Gasteiger partial charge in [0.15, 0.2) is 14.7 Å². The highest BCUT2D eigenvalue weighted by atomic mass is 32.2. The van der Waals surface area contributed by atoms with Gasteiger partial charge < -0.3 is 0 Å². The Balaban J connectivity index is 0.000000717. The van der Waals surface area contributed by atoms with E-state index in [9.17, 15) is 17.6 Å². The van der Waals surface area contributed by atoms with Gasteiger partial charge in [0.2, 0.25) is 0 Å². The number of hydrogen-bond donors (Lipinski definition) is 0. The maximum absolute atomic E-state index is 10.3. The monoisotopic (exact) mass is 531 g/mol. The van der Waals surface area contributed by atoms with E-state index in [1.807, 2.05) is 0 Å². The standard InChI is InChI=1S/C30H39S.C2F4/c1-28(2,3)22-16-10-13-19-25(22)31(26-20-14-11-17-23(26)29(4,5)6)27-21-15-12-18-24(27)30(7,8)9;3-1(4)2(5)6/h10-21H,1-9H3;/q+1;. The number of benzene rings is 3. The second-order valence-corrected chi connectivity index (χ2v) is 14.0. The SMILES string of the molecule is CC(C)(C)c1ccccc1[S+](c1ccccc1C(C)(C)C)c1ccccc1C(C)(C)C.FC(F)=C(F)F. The van der Waals surface area contributed by atoms with E-state index in [1.54, 1.807) is 0 Å². The summed E-state index contributed by atoms with van der Waals surface area (Å²) in [4.78, 5) is 4.34. The predicted molar refractivity (Wildman–Crippen MR) is 149 cm³/mol. The van der Waals surface area contributed by atoms with E-state index in [1.165, 1.54) is 31.4 Å². The minimum absolute atomic E-state index is 0.0786. The van der Waals surface area contributed by atoms with Crippen LogP contribution in [0.1, 0.15) is 79.0 Å². The lowest BCUT2D eigenvalue weighted by atomic mass is 9.87. The second-order valence-electron chi connectivity index (χ2n) is 12.1. The van der Waals surface area contributed by atoms with Gasteiger partial charge in [0, 0.05) is 16.7 Å². The lowest BCUT2D eigenvalue weighted by Crippen LogP contribution is -2.23. The molecule has 0 amide bonds. The summed E-state index contributed by atoms with van der Waals surface area (Å²) in [6, 6.07) is 27.3. The van der Waals surface area contributed by atoms with Gasteiger partial charge in [-0.2, -0.15) is 17.6 Å². The van der Waals surface area contributed by atoms with Crippen molar-refractivity contribution in [2.45, 2.75) is 93.2 Å². The van der Waals surface area contributed by atoms with Crippen LogP contribution in [-0.4, -0.2) is 0 Å². The van der Waals surface area contributed by atoms with Crippen LogP contribution in [0.4, 0.5) is 17.6 Å². The fourth-order valence-corrected chi connectivity index (χ4v) is 7.29. The number of hydrogen-bond acceptors (Lipinski definition) is 0. The molecule has 200 valence electrons. The van der Waals surface area contributed by atoms with Crippen LogP contribution in [0.25, 0.3) is 0 Å². The van der Waals surface area contributed by atoms with Gasteiger partial charge in [0.25, 0.3) is 0 Å². The molecule has 37 heavy (non-hydrogen) atoms. The molecule has 5 heteroatoms. The highest BCUT2D eigenvalue weighted by Crippen LogP contribution is 2.44. The molecule has 0 unspecified atom stereocenters. The summed E-state index contributed by atoms with van der Waals surface area (Å²) >= 11 is 0. The Hall–Kier alpha value is -2.53. The molecule has 3 aromatic carbocycles. The lowest BCUT2D eigenvalue weighted by molar-refractivity contribution is 0.308. The molecule has 0 spiro atoms. The number of halogens is 4. The fourth-order valence-electron chi connectivity index (χ4n) is 4.15. The lowest BCUT2D eigenvalue weighted by Gasteiger charge is -2.28. The van der Waals surface area contributed by atoms with Crippen LogP contribution in [0.3, 0.4) is 0 Å². The van der Waals surface area contributed by atoms with E-state index < -0.39 is 12.2 Å². The van der Waals surface area contributed by atoms with Gasteiger partial charge in [-0.1, -0.05) is 117 Å². The summed E-state index contributed by atoms with van der Waals surface area (Å²) in [5, 5.41) is 0. The van der Waals surface area contributed by atoms with Crippen molar-refractivity contribution < 1.29 is 17.6 Å². The molecule has 0 aliphatic carbocycles. The largest absolute Gasteiger partial charge is 0.334 e. The summed E-state index contributed by atoms with van der Waals surface area (Å²) in [5.74, 6) is 0. The Morgan fingerprint density at radius 1 is 0.432 bits per heavy atom. The molecular formula is C32H39F4S+. The van der Waals surface area contributed by atoms with Gasteiger partial charge in [-0.25, -0.2) is 0 Å². The second kappa shape index (κ2) is 11.9. The average Bonchev–Trinajstić information content (AvgIpc) is 2.79. The van der Waals surface area contributed by atoms with Gasteiger partial charge in [0.05, 0.1) is 0 Å². The molecule has 0 fully saturated rings. The quantitative estimate of drug-likeness (QED) is 0.233. The van der Waals surface area contributed by atoms with Crippen LogP contribution < -0.4 is 0 Å². The molecule has 3 rings (SSSR count). The number of rotatable bonds is 3. The van der Waals surface area contributed by atoms with E-state index in [2.05, 4.69) is 135 Å². The maximum atomic E-state index is 10.3. The van der Waals surface area contributed by atoms with Crippen molar-refractivity contribution in [1.29, 1.82) is 0 Å². The predicted octanol–water partition coefficient (Wildman–Crippen LogP) is 10.7. The van der Waals surface area contributed by atoms with Crippen molar-refractivity contribution in [2.24, 2.45) is 0 Å². The van der Waals surface area contributed by atoms with Crippen molar-refractivity contribution in [3.8, 4) is 0 Å². The van der Waals surface area contributed by atoms with Gasteiger partial charge in [0.1, 0.15) is 10.9 Å². The molecule has 0 radical (unpaired) electrons. The smallest absolute Gasteiger partial charge is 0.167 e. The Morgan fingerprint density at radius 2 is 0.649 bits per heavy atom. The zero-order chi connectivity index (χ0) is 28.2. The first-order chi connectivity index (χ1) is 17.0. The third-order valence-electron chi connectivity index (χ3n) is 5.89. The molecule has 0 bridgehead atoms. The van der Waals surface area contributed by atoms with Crippen LogP contribution in [0.15, 0.2) is 99.6 Å². The average molecular weight is 532 g/mol. The molecule has 0 heterocycles. The molecule has 0 saturated heterocycles. The summed E-state index contributed by atoms with van der Waals surface area (Å²) in [7, 11) is -0.189. The fraction of sp³-hybridized carbons (Fsp3) is 0.375. The summed E-state index contributed by atoms with van der Waals surface area (Å²) in [6.45, 7) is 21.0. The third-order valence-corrected chi connectivity index (χ3v) is 8.28. The highest BCUT2D eigenvalue weighted by molar-refractivity contribution is 7.97. The van der Waals surface area contributed by atoms with Crippen molar-refractivity contribution in [2.75, 3.05) is 0 Å². The van der Waals surface area contributed by atoms with Crippen molar-refractivity contribution in [3.63, 3.8) is 0 Å². The molecule has 3 aromatic rings. The van der Waals surface area contributed by atoms with E-state index in [0.29, 0.717) is 0 Å². The zero-order valence-electron chi connectivity index (χ0n) is 23.3. The van der Waals surface area contributed by atoms with Crippen LogP contribution in [0.5, 0.6) is 0 Å². The van der Waals surface area contributed by atoms with E-state index in [4.69, 9.17) is 0 Å². The molecular weight excluding hydrogens is 492 g/mol. The van der Waals surface area contributed by atoms with Crippen molar-refractivity contribution >= 4 is 10.9 Å². The normalized spacial score (nSPS) is 12.2. The van der Waals surface area contributed by atoms with Gasteiger partial charge >= 0.3 is 12.2 Å². The van der Waals surface area contributed by atoms with E-state index >= 15 is 0 Å². The molecule has 0 N–H and O–H groups in total. The minimum Gasteiger partial charge on any atom is -0.167 e. The Bertz CT molecular complexity index is 1070.